The van der Waals surface area contributed by atoms with Gasteiger partial charge in [0.1, 0.15) is 0 Å². The number of ether oxygens (including phenoxy) is 2. The Hall–Kier alpha value is -2.49. The van der Waals surface area contributed by atoms with Crippen LogP contribution in [0.1, 0.15) is 78.4 Å². The molecule has 9 nitrogen and oxygen atoms in total. The first-order chi connectivity index (χ1) is 19.5. The zero-order valence-electron chi connectivity index (χ0n) is 26.3. The third-order valence-electron chi connectivity index (χ3n) is 8.54. The number of amides is 3. The van der Waals surface area contributed by atoms with Crippen molar-refractivity contribution in [3.63, 3.8) is 0 Å². The fourth-order valence-electron chi connectivity index (χ4n) is 5.97. The van der Waals surface area contributed by atoms with E-state index in [1.165, 1.54) is 0 Å². The number of hydrogen-bond acceptors (Lipinski definition) is 6. The largest absolute Gasteiger partial charge is 0.387 e. The van der Waals surface area contributed by atoms with E-state index in [9.17, 15) is 19.5 Å². The fourth-order valence-corrected chi connectivity index (χ4v) is 5.97. The van der Waals surface area contributed by atoms with Gasteiger partial charge < -0.3 is 29.7 Å². The predicted molar refractivity (Wildman–Crippen MR) is 160 cm³/mol. The molecule has 3 amide bonds. The first-order valence-corrected chi connectivity index (χ1v) is 15.1. The number of methoxy groups -OCH3 is 2. The van der Waals surface area contributed by atoms with Crippen molar-refractivity contribution < 1.29 is 29.0 Å². The van der Waals surface area contributed by atoms with Crippen molar-refractivity contribution in [2.45, 2.75) is 97.1 Å². The van der Waals surface area contributed by atoms with E-state index in [2.05, 4.69) is 19.2 Å². The summed E-state index contributed by atoms with van der Waals surface area (Å²) in [5, 5.41) is 13.3. The highest BCUT2D eigenvalue weighted by Gasteiger charge is 2.42. The summed E-state index contributed by atoms with van der Waals surface area (Å²) in [4.78, 5) is 43.4. The molecule has 0 spiro atoms. The Morgan fingerprint density at radius 1 is 1.07 bits per heavy atom. The average molecular weight is 576 g/mol. The summed E-state index contributed by atoms with van der Waals surface area (Å²) in [5.41, 5.74) is 0.733. The van der Waals surface area contributed by atoms with Crippen LogP contribution in [0, 0.1) is 17.8 Å². The highest BCUT2D eigenvalue weighted by Crippen LogP contribution is 2.29. The normalized spacial score (nSPS) is 19.8. The lowest BCUT2D eigenvalue weighted by Gasteiger charge is -2.39. The number of carbonyl (C=O) groups excluding carboxylic acids is 3. The number of rotatable bonds is 16. The van der Waals surface area contributed by atoms with E-state index in [1.807, 2.05) is 56.1 Å². The van der Waals surface area contributed by atoms with Gasteiger partial charge in [-0.05, 0) is 30.2 Å². The maximum atomic E-state index is 13.7. The van der Waals surface area contributed by atoms with Crippen LogP contribution in [0.15, 0.2) is 30.3 Å². The van der Waals surface area contributed by atoms with Crippen LogP contribution in [0.3, 0.4) is 0 Å². The lowest BCUT2D eigenvalue weighted by atomic mass is 9.90. The van der Waals surface area contributed by atoms with E-state index < -0.39 is 24.2 Å². The van der Waals surface area contributed by atoms with Crippen molar-refractivity contribution >= 4 is 17.7 Å². The lowest BCUT2D eigenvalue weighted by Crippen LogP contribution is -2.53. The van der Waals surface area contributed by atoms with Gasteiger partial charge in [-0.2, -0.15) is 0 Å². The van der Waals surface area contributed by atoms with Crippen molar-refractivity contribution in [2.24, 2.45) is 17.8 Å². The van der Waals surface area contributed by atoms with Crippen molar-refractivity contribution in [2.75, 3.05) is 34.4 Å². The number of benzene rings is 1. The second-order valence-corrected chi connectivity index (χ2v) is 11.9. The molecular weight excluding hydrogens is 522 g/mol. The molecule has 1 aliphatic rings. The Kier molecular flexibility index (Phi) is 14.2. The van der Waals surface area contributed by atoms with Crippen LogP contribution in [0.2, 0.25) is 0 Å². The molecule has 9 heteroatoms. The summed E-state index contributed by atoms with van der Waals surface area (Å²) in [6, 6.07) is 8.70. The highest BCUT2D eigenvalue weighted by atomic mass is 16.5. The second-order valence-electron chi connectivity index (χ2n) is 11.9. The number of aliphatic hydroxyl groups is 1. The van der Waals surface area contributed by atoms with Crippen LogP contribution in [0.25, 0.3) is 0 Å². The van der Waals surface area contributed by atoms with Crippen LogP contribution in [0.4, 0.5) is 0 Å². The number of carbonyl (C=O) groups is 3. The van der Waals surface area contributed by atoms with Gasteiger partial charge in [0.15, 0.2) is 0 Å². The van der Waals surface area contributed by atoms with Gasteiger partial charge in [-0.25, -0.2) is 0 Å². The van der Waals surface area contributed by atoms with Crippen LogP contribution < -0.4 is 5.32 Å². The Bertz CT molecular complexity index is 958. The topological polar surface area (TPSA) is 108 Å². The summed E-state index contributed by atoms with van der Waals surface area (Å²) in [6.45, 7) is 10.7. The molecule has 232 valence electrons. The third kappa shape index (κ3) is 9.51. The monoisotopic (exact) mass is 575 g/mol. The zero-order chi connectivity index (χ0) is 30.7. The standard InChI is InChI=1S/C32H53N3O6/c1-9-22(4)30(34(6)28(37)18-21(2)3)27(40-7)19-29(38)35-17-13-16-25(35)31(41-8)23(5)32(39)33-20-26(36)24-14-11-10-12-15-24/h10-12,14-15,21-23,25-27,30-31,36H,9,13,16-20H2,1-8H3,(H,33,39)/t22-,23?,25-,26+,27+,30-,31+/m0/s1. The number of nitrogens with zero attached hydrogens (tertiary/aromatic N) is 2. The van der Waals surface area contributed by atoms with Gasteiger partial charge in [0.05, 0.1) is 42.7 Å². The summed E-state index contributed by atoms with van der Waals surface area (Å²) in [5.74, 6) is -0.399. The van der Waals surface area contributed by atoms with Crippen LogP contribution in [-0.4, -0.2) is 91.3 Å². The van der Waals surface area contributed by atoms with E-state index in [-0.39, 0.29) is 54.6 Å². The van der Waals surface area contributed by atoms with E-state index in [4.69, 9.17) is 9.47 Å². The van der Waals surface area contributed by atoms with Crippen LogP contribution in [-0.2, 0) is 23.9 Å². The molecule has 0 aliphatic carbocycles. The molecule has 0 saturated carbocycles. The van der Waals surface area contributed by atoms with E-state index in [0.717, 1.165) is 24.8 Å². The molecule has 1 aromatic carbocycles. The van der Waals surface area contributed by atoms with Gasteiger partial charge in [-0.3, -0.25) is 14.4 Å². The van der Waals surface area contributed by atoms with Crippen molar-refractivity contribution in [3.05, 3.63) is 35.9 Å². The summed E-state index contributed by atoms with van der Waals surface area (Å²) < 4.78 is 11.7. The Morgan fingerprint density at radius 2 is 1.73 bits per heavy atom. The fraction of sp³-hybridized carbons (Fsp3) is 0.719. The van der Waals surface area contributed by atoms with E-state index >= 15 is 0 Å². The molecule has 0 aromatic heterocycles. The van der Waals surface area contributed by atoms with E-state index in [0.29, 0.717) is 13.0 Å². The maximum Gasteiger partial charge on any atom is 0.225 e. The maximum absolute atomic E-state index is 13.7. The number of likely N-dealkylation sites (N-methyl/N-ethyl adjacent to an activating group) is 1. The third-order valence-corrected chi connectivity index (χ3v) is 8.54. The number of likely N-dealkylation sites (tertiary alicyclic amines) is 1. The van der Waals surface area contributed by atoms with Crippen LogP contribution >= 0.6 is 0 Å². The molecule has 1 aromatic rings. The summed E-state index contributed by atoms with van der Waals surface area (Å²) >= 11 is 0. The number of nitrogens with one attached hydrogen (secondary N) is 1. The Morgan fingerprint density at radius 3 is 2.29 bits per heavy atom. The predicted octanol–water partition coefficient (Wildman–Crippen LogP) is 3.80. The average Bonchev–Trinajstić information content (AvgIpc) is 3.45. The van der Waals surface area contributed by atoms with Crippen molar-refractivity contribution in [1.82, 2.24) is 15.1 Å². The molecule has 0 bridgehead atoms. The van der Waals surface area contributed by atoms with E-state index in [1.54, 1.807) is 26.0 Å². The molecule has 1 unspecified atom stereocenters. The van der Waals surface area contributed by atoms with Gasteiger partial charge >= 0.3 is 0 Å². The van der Waals surface area contributed by atoms with Gasteiger partial charge in [0, 0.05) is 40.8 Å². The van der Waals surface area contributed by atoms with Gasteiger partial charge in [0.25, 0.3) is 0 Å². The van der Waals surface area contributed by atoms with Gasteiger partial charge in [-0.15, -0.1) is 0 Å². The molecule has 41 heavy (non-hydrogen) atoms. The Balaban J connectivity index is 2.11. The molecule has 1 aliphatic heterocycles. The molecule has 7 atom stereocenters. The molecule has 1 fully saturated rings. The molecule has 2 N–H and O–H groups in total. The molecule has 0 radical (unpaired) electrons. The summed E-state index contributed by atoms with van der Waals surface area (Å²) in [7, 11) is 4.98. The molecule has 1 heterocycles. The molecular formula is C32H53N3O6. The highest BCUT2D eigenvalue weighted by molar-refractivity contribution is 5.80. The number of hydrogen-bond donors (Lipinski definition) is 2. The summed E-state index contributed by atoms with van der Waals surface area (Å²) in [6.07, 6.45) is 1.21. The van der Waals surface area contributed by atoms with Crippen molar-refractivity contribution in [3.8, 4) is 0 Å². The SMILES string of the molecule is CC[C@H](C)[C@@H]([C@@H](CC(=O)N1CCC[C@H]1[C@H](OC)C(C)C(=O)NC[C@@H](O)c1ccccc1)OC)N(C)C(=O)CC(C)C. The lowest BCUT2D eigenvalue weighted by molar-refractivity contribution is -0.146. The van der Waals surface area contributed by atoms with Crippen LogP contribution in [0.5, 0.6) is 0 Å². The first-order valence-electron chi connectivity index (χ1n) is 15.1. The minimum Gasteiger partial charge on any atom is -0.387 e. The quantitative estimate of drug-likeness (QED) is 0.310. The number of aliphatic hydroxyl groups excluding tert-OH is 1. The second kappa shape index (κ2) is 16.8. The van der Waals surface area contributed by atoms with Crippen molar-refractivity contribution in [1.29, 1.82) is 0 Å². The Labute approximate surface area is 246 Å². The van der Waals surface area contributed by atoms with Gasteiger partial charge in [-0.1, -0.05) is 71.4 Å². The minimum atomic E-state index is -0.812. The first kappa shape index (κ1) is 34.7. The molecule has 1 saturated heterocycles. The zero-order valence-corrected chi connectivity index (χ0v) is 26.3. The van der Waals surface area contributed by atoms with Gasteiger partial charge in [0.2, 0.25) is 17.7 Å². The minimum absolute atomic E-state index is 0.0514. The molecule has 2 rings (SSSR count). The smallest absolute Gasteiger partial charge is 0.225 e.